The van der Waals surface area contributed by atoms with Gasteiger partial charge in [-0.2, -0.15) is 0 Å². The molecule has 0 aromatic heterocycles. The maximum atomic E-state index is 13.0. The van der Waals surface area contributed by atoms with E-state index < -0.39 is 40.2 Å². The predicted molar refractivity (Wildman–Crippen MR) is 90.2 cm³/mol. The molecular formula is C16H21FN2O5S. The number of benzene rings is 1. The van der Waals surface area contributed by atoms with Crippen molar-refractivity contribution in [3.05, 3.63) is 29.6 Å². The summed E-state index contributed by atoms with van der Waals surface area (Å²) >= 11 is 0. The maximum Gasteiger partial charge on any atom is 0.340 e. The fourth-order valence-corrected chi connectivity index (χ4v) is 4.51. The molecule has 1 aromatic rings. The first-order valence-electron chi connectivity index (χ1n) is 7.95. The number of carbonyl (C=O) groups excluding carboxylic acids is 2. The third-order valence-electron chi connectivity index (χ3n) is 3.99. The second-order valence-electron chi connectivity index (χ2n) is 5.95. The van der Waals surface area contributed by atoms with E-state index in [-0.39, 0.29) is 22.8 Å². The van der Waals surface area contributed by atoms with Crippen molar-refractivity contribution in [3.63, 3.8) is 0 Å². The Morgan fingerprint density at radius 3 is 2.68 bits per heavy atom. The summed E-state index contributed by atoms with van der Waals surface area (Å²) in [6.45, 7) is 1.73. The quantitative estimate of drug-likeness (QED) is 0.589. The molecule has 0 aliphatic carbocycles. The average Bonchev–Trinajstić information content (AvgIpc) is 2.89. The van der Waals surface area contributed by atoms with E-state index in [1.807, 2.05) is 6.92 Å². The van der Waals surface area contributed by atoms with E-state index in [1.165, 1.54) is 11.0 Å². The molecule has 138 valence electrons. The van der Waals surface area contributed by atoms with Gasteiger partial charge in [-0.1, -0.05) is 6.92 Å². The molecule has 9 heteroatoms. The van der Waals surface area contributed by atoms with Gasteiger partial charge in [-0.05, 0) is 31.0 Å². The van der Waals surface area contributed by atoms with Crippen molar-refractivity contribution in [1.29, 1.82) is 0 Å². The lowest BCUT2D eigenvalue weighted by Gasteiger charge is -2.27. The Morgan fingerprint density at radius 2 is 2.12 bits per heavy atom. The van der Waals surface area contributed by atoms with Gasteiger partial charge in [-0.3, -0.25) is 4.79 Å². The summed E-state index contributed by atoms with van der Waals surface area (Å²) in [7, 11) is -3.13. The maximum absolute atomic E-state index is 13.0. The van der Waals surface area contributed by atoms with Gasteiger partial charge in [0.05, 0.1) is 17.1 Å². The number of rotatable bonds is 6. The molecule has 1 saturated heterocycles. The summed E-state index contributed by atoms with van der Waals surface area (Å²) in [5.74, 6) is -1.89. The molecule has 1 aliphatic rings. The SMILES string of the molecule is CCCN(C(=O)COC(=O)c1ccc(F)cc1N)[C@H]1CCS(=O)(=O)C1. The van der Waals surface area contributed by atoms with Crippen LogP contribution in [-0.4, -0.2) is 55.9 Å². The van der Waals surface area contributed by atoms with E-state index in [0.29, 0.717) is 19.4 Å². The summed E-state index contributed by atoms with van der Waals surface area (Å²) in [6.07, 6.45) is 1.04. The monoisotopic (exact) mass is 372 g/mol. The second kappa shape index (κ2) is 7.81. The Balaban J connectivity index is 2.00. The highest BCUT2D eigenvalue weighted by molar-refractivity contribution is 7.91. The number of nitrogens with two attached hydrogens (primary N) is 1. The summed E-state index contributed by atoms with van der Waals surface area (Å²) in [4.78, 5) is 25.8. The molecule has 1 aliphatic heterocycles. The lowest BCUT2D eigenvalue weighted by Crippen LogP contribution is -2.43. The van der Waals surface area contributed by atoms with Gasteiger partial charge < -0.3 is 15.4 Å². The zero-order valence-corrected chi connectivity index (χ0v) is 14.7. The second-order valence-corrected chi connectivity index (χ2v) is 8.18. The number of hydrogen-bond donors (Lipinski definition) is 1. The van der Waals surface area contributed by atoms with Crippen LogP contribution in [0.5, 0.6) is 0 Å². The minimum Gasteiger partial charge on any atom is -0.452 e. The predicted octanol–water partition coefficient (Wildman–Crippen LogP) is 0.990. The van der Waals surface area contributed by atoms with Crippen molar-refractivity contribution >= 4 is 27.4 Å². The first-order valence-corrected chi connectivity index (χ1v) is 9.77. The first-order chi connectivity index (χ1) is 11.7. The molecule has 25 heavy (non-hydrogen) atoms. The number of anilines is 1. The standard InChI is InChI=1S/C16H21FN2O5S/c1-2-6-19(12-5-7-25(22,23)10-12)15(20)9-24-16(21)13-4-3-11(17)8-14(13)18/h3-4,8,12H,2,5-7,9-10,18H2,1H3/t12-/m0/s1. The number of esters is 1. The Morgan fingerprint density at radius 1 is 1.40 bits per heavy atom. The molecule has 2 N–H and O–H groups in total. The van der Waals surface area contributed by atoms with Crippen LogP contribution in [0.25, 0.3) is 0 Å². The zero-order valence-electron chi connectivity index (χ0n) is 13.9. The number of carbonyl (C=O) groups is 2. The number of hydrogen-bond acceptors (Lipinski definition) is 6. The Hall–Kier alpha value is -2.16. The molecule has 0 spiro atoms. The molecule has 0 radical (unpaired) electrons. The van der Waals surface area contributed by atoms with Crippen molar-refractivity contribution in [3.8, 4) is 0 Å². The Labute approximate surface area is 145 Å². The minimum absolute atomic E-state index is 0.0281. The van der Waals surface area contributed by atoms with Gasteiger partial charge in [0.1, 0.15) is 5.82 Å². The normalized spacial score (nSPS) is 18.7. The highest BCUT2D eigenvalue weighted by atomic mass is 32.2. The number of halogens is 1. The van der Waals surface area contributed by atoms with Crippen molar-refractivity contribution < 1.29 is 27.1 Å². The molecule has 0 bridgehead atoms. The fourth-order valence-electron chi connectivity index (χ4n) is 2.78. The van der Waals surface area contributed by atoms with E-state index in [4.69, 9.17) is 10.5 Å². The average molecular weight is 372 g/mol. The van der Waals surface area contributed by atoms with Crippen LogP contribution >= 0.6 is 0 Å². The van der Waals surface area contributed by atoms with Crippen molar-refractivity contribution in [2.75, 3.05) is 30.4 Å². The third-order valence-corrected chi connectivity index (χ3v) is 5.74. The summed E-state index contributed by atoms with van der Waals surface area (Å²) < 4.78 is 41.2. The van der Waals surface area contributed by atoms with Gasteiger partial charge in [-0.15, -0.1) is 0 Å². The molecule has 0 unspecified atom stereocenters. The molecule has 1 aromatic carbocycles. The van der Waals surface area contributed by atoms with Crippen LogP contribution in [0, 0.1) is 5.82 Å². The Bertz CT molecular complexity index is 766. The number of sulfone groups is 1. The van der Waals surface area contributed by atoms with Crippen LogP contribution in [0.1, 0.15) is 30.1 Å². The van der Waals surface area contributed by atoms with E-state index in [0.717, 1.165) is 12.1 Å². The van der Waals surface area contributed by atoms with Crippen LogP contribution in [0.3, 0.4) is 0 Å². The minimum atomic E-state index is -3.13. The van der Waals surface area contributed by atoms with Crippen LogP contribution in [-0.2, 0) is 19.4 Å². The molecule has 1 atom stereocenters. The molecule has 1 fully saturated rings. The van der Waals surface area contributed by atoms with Gasteiger partial charge in [0.15, 0.2) is 16.4 Å². The summed E-state index contributed by atoms with van der Waals surface area (Å²) in [6, 6.07) is 2.85. The van der Waals surface area contributed by atoms with Crippen molar-refractivity contribution in [2.24, 2.45) is 0 Å². The fraction of sp³-hybridized carbons (Fsp3) is 0.500. The highest BCUT2D eigenvalue weighted by Crippen LogP contribution is 2.19. The lowest BCUT2D eigenvalue weighted by atomic mass is 10.2. The molecule has 1 heterocycles. The van der Waals surface area contributed by atoms with Gasteiger partial charge in [0, 0.05) is 18.3 Å². The number of nitrogen functional groups attached to an aromatic ring is 1. The van der Waals surface area contributed by atoms with Gasteiger partial charge in [0.25, 0.3) is 5.91 Å². The lowest BCUT2D eigenvalue weighted by molar-refractivity contribution is -0.136. The molecule has 2 rings (SSSR count). The topological polar surface area (TPSA) is 107 Å². The number of amides is 1. The first kappa shape index (κ1) is 19.2. The van der Waals surface area contributed by atoms with Crippen LogP contribution in [0.2, 0.25) is 0 Å². The zero-order chi connectivity index (χ0) is 18.6. The largest absolute Gasteiger partial charge is 0.452 e. The summed E-state index contributed by atoms with van der Waals surface area (Å²) in [5.41, 5.74) is 5.46. The van der Waals surface area contributed by atoms with E-state index in [2.05, 4.69) is 0 Å². The van der Waals surface area contributed by atoms with Gasteiger partial charge in [-0.25, -0.2) is 17.6 Å². The van der Waals surface area contributed by atoms with Gasteiger partial charge >= 0.3 is 5.97 Å². The van der Waals surface area contributed by atoms with Crippen LogP contribution in [0.15, 0.2) is 18.2 Å². The smallest absolute Gasteiger partial charge is 0.340 e. The number of ether oxygens (including phenoxy) is 1. The van der Waals surface area contributed by atoms with E-state index in [1.54, 1.807) is 0 Å². The van der Waals surface area contributed by atoms with Crippen LogP contribution in [0.4, 0.5) is 10.1 Å². The van der Waals surface area contributed by atoms with Crippen LogP contribution < -0.4 is 5.73 Å². The van der Waals surface area contributed by atoms with E-state index >= 15 is 0 Å². The summed E-state index contributed by atoms with van der Waals surface area (Å²) in [5, 5.41) is 0. The number of nitrogens with zero attached hydrogens (tertiary/aromatic N) is 1. The third kappa shape index (κ3) is 4.91. The molecule has 1 amide bonds. The molecular weight excluding hydrogens is 351 g/mol. The molecule has 7 nitrogen and oxygen atoms in total. The Kier molecular flexibility index (Phi) is 5.99. The van der Waals surface area contributed by atoms with Gasteiger partial charge in [0.2, 0.25) is 0 Å². The molecule has 0 saturated carbocycles. The van der Waals surface area contributed by atoms with Crippen molar-refractivity contribution in [2.45, 2.75) is 25.8 Å². The van der Waals surface area contributed by atoms with Crippen molar-refractivity contribution in [1.82, 2.24) is 4.90 Å². The van der Waals surface area contributed by atoms with E-state index in [9.17, 15) is 22.4 Å². The highest BCUT2D eigenvalue weighted by Gasteiger charge is 2.34.